The van der Waals surface area contributed by atoms with Crippen molar-refractivity contribution < 1.29 is 4.39 Å². The summed E-state index contributed by atoms with van der Waals surface area (Å²) in [5, 5.41) is 7.95. The molecule has 1 saturated heterocycles. The highest BCUT2D eigenvalue weighted by Crippen LogP contribution is 2.24. The number of anilines is 1. The molecule has 2 N–H and O–H groups in total. The third-order valence-electron chi connectivity index (χ3n) is 6.58. The van der Waals surface area contributed by atoms with E-state index in [0.717, 1.165) is 79.8 Å². The van der Waals surface area contributed by atoms with Crippen LogP contribution in [0, 0.1) is 5.82 Å². The number of fused-ring (bicyclic) bond motifs is 1. The molecule has 0 atom stereocenters. The Balaban J connectivity index is 1.34. The molecule has 1 aliphatic rings. The molecule has 2 heterocycles. The van der Waals surface area contributed by atoms with Gasteiger partial charge in [0.15, 0.2) is 5.11 Å². The minimum absolute atomic E-state index is 0.213. The Morgan fingerprint density at radius 1 is 1.09 bits per heavy atom. The maximum atomic E-state index is 13.4. The molecule has 0 spiro atoms. The summed E-state index contributed by atoms with van der Waals surface area (Å²) in [5.74, 6) is 0.671. The Hall–Kier alpha value is -2.71. The predicted octanol–water partition coefficient (Wildman–Crippen LogP) is 4.32. The number of thiocarbonyl (C=S) groups is 1. The summed E-state index contributed by atoms with van der Waals surface area (Å²) in [6.07, 6.45) is 2.14. The molecule has 1 aliphatic heterocycles. The van der Waals surface area contributed by atoms with Crippen LogP contribution in [-0.4, -0.2) is 69.8 Å². The van der Waals surface area contributed by atoms with Crippen molar-refractivity contribution in [1.29, 1.82) is 0 Å². The van der Waals surface area contributed by atoms with Gasteiger partial charge in [-0.2, -0.15) is 0 Å². The van der Waals surface area contributed by atoms with E-state index in [2.05, 4.69) is 44.9 Å². The smallest absolute Gasteiger partial charge is 0.204 e. The summed E-state index contributed by atoms with van der Waals surface area (Å²) in [4.78, 5) is 9.54. The van der Waals surface area contributed by atoms with E-state index in [1.807, 2.05) is 30.3 Å². The SMILES string of the molecule is CCN(CC)C(=S)NCCN1CCC(Nc2nc3ccccc3n2Cc2ccc(F)cc2)CC1. The second-order valence-corrected chi connectivity index (χ2v) is 9.19. The van der Waals surface area contributed by atoms with Gasteiger partial charge in [-0.25, -0.2) is 9.37 Å². The lowest BCUT2D eigenvalue weighted by molar-refractivity contribution is 0.221. The standard InChI is InChI=1S/C26H35FN6S/c1-3-32(4-2)26(34)28-15-18-31-16-13-22(14-17-31)29-25-30-23-7-5-6-8-24(23)33(25)19-20-9-11-21(27)12-10-20/h5-12,22H,3-4,13-19H2,1-2H3,(H,28,34)(H,29,30). The average molecular weight is 483 g/mol. The molecule has 4 rings (SSSR count). The quantitative estimate of drug-likeness (QED) is 0.443. The van der Waals surface area contributed by atoms with E-state index >= 15 is 0 Å². The first-order valence-electron chi connectivity index (χ1n) is 12.3. The van der Waals surface area contributed by atoms with E-state index in [9.17, 15) is 4.39 Å². The van der Waals surface area contributed by atoms with Crippen molar-refractivity contribution in [2.75, 3.05) is 44.6 Å². The van der Waals surface area contributed by atoms with E-state index in [-0.39, 0.29) is 5.82 Å². The van der Waals surface area contributed by atoms with Crippen LogP contribution in [0.2, 0.25) is 0 Å². The highest BCUT2D eigenvalue weighted by atomic mass is 32.1. The monoisotopic (exact) mass is 482 g/mol. The summed E-state index contributed by atoms with van der Waals surface area (Å²) in [6, 6.07) is 15.3. The van der Waals surface area contributed by atoms with Crippen molar-refractivity contribution in [1.82, 2.24) is 24.7 Å². The first-order chi connectivity index (χ1) is 16.6. The highest BCUT2D eigenvalue weighted by molar-refractivity contribution is 7.80. The summed E-state index contributed by atoms with van der Waals surface area (Å²) < 4.78 is 15.6. The van der Waals surface area contributed by atoms with E-state index in [4.69, 9.17) is 17.2 Å². The molecule has 0 bridgehead atoms. The number of piperidine rings is 1. The van der Waals surface area contributed by atoms with Crippen molar-refractivity contribution in [2.24, 2.45) is 0 Å². The van der Waals surface area contributed by atoms with Gasteiger partial charge in [0, 0.05) is 45.3 Å². The van der Waals surface area contributed by atoms with Gasteiger partial charge >= 0.3 is 0 Å². The number of likely N-dealkylation sites (tertiary alicyclic amines) is 1. The molecule has 0 unspecified atom stereocenters. The number of nitrogens with one attached hydrogen (secondary N) is 2. The van der Waals surface area contributed by atoms with Crippen LogP contribution < -0.4 is 10.6 Å². The number of benzene rings is 2. The third kappa shape index (κ3) is 6.04. The van der Waals surface area contributed by atoms with E-state index < -0.39 is 0 Å². The Morgan fingerprint density at radius 3 is 2.50 bits per heavy atom. The van der Waals surface area contributed by atoms with Crippen LogP contribution >= 0.6 is 12.2 Å². The van der Waals surface area contributed by atoms with E-state index in [1.165, 1.54) is 12.1 Å². The van der Waals surface area contributed by atoms with Crippen molar-refractivity contribution in [3.8, 4) is 0 Å². The molecule has 0 amide bonds. The fourth-order valence-corrected chi connectivity index (χ4v) is 4.91. The molecule has 0 saturated carbocycles. The number of halogens is 1. The Morgan fingerprint density at radius 2 is 1.79 bits per heavy atom. The Bertz CT molecular complexity index is 1070. The maximum absolute atomic E-state index is 13.4. The summed E-state index contributed by atoms with van der Waals surface area (Å²) >= 11 is 5.48. The van der Waals surface area contributed by atoms with Gasteiger partial charge in [-0.3, -0.25) is 0 Å². The minimum atomic E-state index is -0.213. The molecule has 2 aromatic carbocycles. The molecule has 3 aromatic rings. The fourth-order valence-electron chi connectivity index (χ4n) is 4.55. The van der Waals surface area contributed by atoms with Crippen LogP contribution in [0.25, 0.3) is 11.0 Å². The highest BCUT2D eigenvalue weighted by Gasteiger charge is 2.21. The van der Waals surface area contributed by atoms with E-state index in [1.54, 1.807) is 0 Å². The summed E-state index contributed by atoms with van der Waals surface area (Å²) in [7, 11) is 0. The molecule has 182 valence electrons. The van der Waals surface area contributed by atoms with Gasteiger partial charge in [-0.1, -0.05) is 24.3 Å². The largest absolute Gasteiger partial charge is 0.361 e. The zero-order valence-corrected chi connectivity index (χ0v) is 21.0. The molecule has 0 radical (unpaired) electrons. The molecule has 8 heteroatoms. The molecule has 6 nitrogen and oxygen atoms in total. The van der Waals surface area contributed by atoms with Crippen molar-refractivity contribution in [2.45, 2.75) is 39.3 Å². The third-order valence-corrected chi connectivity index (χ3v) is 6.99. The van der Waals surface area contributed by atoms with Gasteiger partial charge in [0.1, 0.15) is 5.82 Å². The zero-order valence-electron chi connectivity index (χ0n) is 20.1. The molecule has 1 aromatic heterocycles. The number of para-hydroxylation sites is 2. The maximum Gasteiger partial charge on any atom is 0.204 e. The lowest BCUT2D eigenvalue weighted by atomic mass is 10.1. The summed E-state index contributed by atoms with van der Waals surface area (Å²) in [6.45, 7) is 10.8. The van der Waals surface area contributed by atoms with Gasteiger partial charge in [-0.15, -0.1) is 0 Å². The number of rotatable bonds is 9. The second-order valence-electron chi connectivity index (χ2n) is 8.80. The number of hydrogen-bond donors (Lipinski definition) is 2. The normalized spacial score (nSPS) is 14.9. The van der Waals surface area contributed by atoms with Crippen molar-refractivity contribution >= 4 is 34.3 Å². The average Bonchev–Trinajstić information content (AvgIpc) is 3.19. The Kier molecular flexibility index (Phi) is 8.34. The number of nitrogens with zero attached hydrogens (tertiary/aromatic N) is 4. The van der Waals surface area contributed by atoms with Gasteiger partial charge in [0.25, 0.3) is 0 Å². The molecule has 1 fully saturated rings. The predicted molar refractivity (Wildman–Crippen MR) is 142 cm³/mol. The van der Waals surface area contributed by atoms with Crippen LogP contribution in [0.3, 0.4) is 0 Å². The van der Waals surface area contributed by atoms with Gasteiger partial charge in [0.05, 0.1) is 17.6 Å². The first kappa shape index (κ1) is 24.4. The van der Waals surface area contributed by atoms with Crippen LogP contribution in [0.5, 0.6) is 0 Å². The minimum Gasteiger partial charge on any atom is -0.361 e. The molecule has 34 heavy (non-hydrogen) atoms. The van der Waals surface area contributed by atoms with Crippen molar-refractivity contribution in [3.63, 3.8) is 0 Å². The zero-order chi connectivity index (χ0) is 23.9. The number of aromatic nitrogens is 2. The van der Waals surface area contributed by atoms with Crippen molar-refractivity contribution in [3.05, 3.63) is 59.9 Å². The number of imidazole rings is 1. The topological polar surface area (TPSA) is 48.4 Å². The van der Waals surface area contributed by atoms with E-state index in [0.29, 0.717) is 12.6 Å². The number of hydrogen-bond acceptors (Lipinski definition) is 4. The lowest BCUT2D eigenvalue weighted by Gasteiger charge is -2.33. The lowest BCUT2D eigenvalue weighted by Crippen LogP contribution is -2.45. The molecule has 0 aliphatic carbocycles. The fraction of sp³-hybridized carbons (Fsp3) is 0.462. The van der Waals surface area contributed by atoms with Crippen LogP contribution in [-0.2, 0) is 6.54 Å². The van der Waals surface area contributed by atoms with Gasteiger partial charge in [0.2, 0.25) is 5.95 Å². The summed E-state index contributed by atoms with van der Waals surface area (Å²) in [5.41, 5.74) is 3.11. The van der Waals surface area contributed by atoms with Crippen LogP contribution in [0.15, 0.2) is 48.5 Å². The Labute approximate surface area is 207 Å². The van der Waals surface area contributed by atoms with Crippen LogP contribution in [0.1, 0.15) is 32.3 Å². The van der Waals surface area contributed by atoms with Gasteiger partial charge in [-0.05, 0) is 68.7 Å². The molecular weight excluding hydrogens is 447 g/mol. The second kappa shape index (κ2) is 11.6. The van der Waals surface area contributed by atoms with Gasteiger partial charge < -0.3 is 25.0 Å². The molecular formula is C26H35FN6S. The van der Waals surface area contributed by atoms with Crippen LogP contribution in [0.4, 0.5) is 10.3 Å². The first-order valence-corrected chi connectivity index (χ1v) is 12.7.